The zero-order valence-corrected chi connectivity index (χ0v) is 14.5. The van der Waals surface area contributed by atoms with Crippen molar-refractivity contribution in [2.45, 2.75) is 9.92 Å². The number of hydrazine groups is 1. The van der Waals surface area contributed by atoms with Gasteiger partial charge in [-0.25, -0.2) is 9.97 Å². The maximum atomic E-state index is 12.1. The summed E-state index contributed by atoms with van der Waals surface area (Å²) in [6.07, 6.45) is 1.38. The molecule has 126 valence electrons. The van der Waals surface area contributed by atoms with Crippen LogP contribution in [0.15, 0.2) is 70.8 Å². The first-order valence-corrected chi connectivity index (χ1v) is 8.48. The second-order valence-corrected chi connectivity index (χ2v) is 6.44. The topological polar surface area (TPSA) is 92.9 Å². The highest BCUT2D eigenvalue weighted by atomic mass is 35.5. The average Bonchev–Trinajstić information content (AvgIpc) is 2.63. The van der Waals surface area contributed by atoms with E-state index >= 15 is 0 Å². The van der Waals surface area contributed by atoms with Crippen molar-refractivity contribution in [2.24, 2.45) is 0 Å². The van der Waals surface area contributed by atoms with Crippen LogP contribution in [0.5, 0.6) is 0 Å². The number of nitrogens with two attached hydrogens (primary N) is 1. The van der Waals surface area contributed by atoms with E-state index < -0.39 is 0 Å². The molecular weight excluding hydrogens is 358 g/mol. The van der Waals surface area contributed by atoms with Crippen LogP contribution < -0.4 is 16.6 Å². The van der Waals surface area contributed by atoms with Gasteiger partial charge >= 0.3 is 0 Å². The van der Waals surface area contributed by atoms with E-state index in [1.165, 1.54) is 18.1 Å². The summed E-state index contributed by atoms with van der Waals surface area (Å²) in [6, 6.07) is 16.3. The molecule has 0 aliphatic rings. The van der Waals surface area contributed by atoms with Gasteiger partial charge in [0.15, 0.2) is 5.82 Å². The molecule has 0 fully saturated rings. The number of benzene rings is 2. The Hall–Kier alpha value is -2.77. The van der Waals surface area contributed by atoms with Crippen LogP contribution in [0, 0.1) is 0 Å². The molecule has 0 aliphatic heterocycles. The highest BCUT2D eigenvalue weighted by Gasteiger charge is 2.11. The van der Waals surface area contributed by atoms with E-state index in [2.05, 4.69) is 20.8 Å². The van der Waals surface area contributed by atoms with E-state index in [9.17, 15) is 4.79 Å². The number of nitrogens with zero attached hydrogens (tertiary/aromatic N) is 2. The molecule has 0 saturated carbocycles. The molecule has 25 heavy (non-hydrogen) atoms. The molecular formula is C17H14ClN5OS. The van der Waals surface area contributed by atoms with Gasteiger partial charge in [-0.2, -0.15) is 0 Å². The largest absolute Gasteiger partial charge is 0.393 e. The Morgan fingerprint density at radius 2 is 1.88 bits per heavy atom. The molecule has 1 heterocycles. The minimum absolute atomic E-state index is 0.323. The van der Waals surface area contributed by atoms with Crippen molar-refractivity contribution in [2.75, 3.05) is 11.2 Å². The summed E-state index contributed by atoms with van der Waals surface area (Å²) in [4.78, 5) is 21.4. The minimum atomic E-state index is -0.349. The summed E-state index contributed by atoms with van der Waals surface area (Å²) in [6.45, 7) is 0. The van der Waals surface area contributed by atoms with Crippen molar-refractivity contribution in [1.29, 1.82) is 0 Å². The molecule has 0 bridgehead atoms. The zero-order valence-electron chi connectivity index (χ0n) is 12.9. The fourth-order valence-electron chi connectivity index (χ4n) is 1.98. The van der Waals surface area contributed by atoms with Gasteiger partial charge in [0.1, 0.15) is 17.0 Å². The molecule has 3 aromatic rings. The second-order valence-electron chi connectivity index (χ2n) is 4.95. The second kappa shape index (κ2) is 7.87. The minimum Gasteiger partial charge on any atom is -0.393 e. The Morgan fingerprint density at radius 3 is 2.64 bits per heavy atom. The maximum Gasteiger partial charge on any atom is 0.269 e. The Kier molecular flexibility index (Phi) is 5.37. The third-order valence-corrected chi connectivity index (χ3v) is 4.45. The predicted molar refractivity (Wildman–Crippen MR) is 99.6 cm³/mol. The summed E-state index contributed by atoms with van der Waals surface area (Å²) >= 11 is 7.30. The summed E-state index contributed by atoms with van der Waals surface area (Å²) in [5, 5.41) is 1.08. The normalized spacial score (nSPS) is 10.3. The molecule has 0 radical (unpaired) electrons. The molecule has 3 rings (SSSR count). The van der Waals surface area contributed by atoms with Gasteiger partial charge in [-0.15, -0.1) is 0 Å². The lowest BCUT2D eigenvalue weighted by molar-refractivity contribution is 0.0962. The van der Waals surface area contributed by atoms with Gasteiger partial charge in [0.25, 0.3) is 5.91 Å². The standard InChI is InChI=1S/C17H14ClN5OS/c18-12-6-4-5-11(9-12)16(24)23-22-15-14(19)17(21-10-20-15)25-13-7-2-1-3-8-13/h1-10H,19H2,(H,23,24)(H,20,21,22). The predicted octanol–water partition coefficient (Wildman–Crippen LogP) is 3.62. The monoisotopic (exact) mass is 371 g/mol. The van der Waals surface area contributed by atoms with Crippen molar-refractivity contribution in [3.63, 3.8) is 0 Å². The van der Waals surface area contributed by atoms with Crippen LogP contribution in [-0.4, -0.2) is 15.9 Å². The molecule has 2 aromatic carbocycles. The number of nitrogen functional groups attached to an aromatic ring is 1. The molecule has 0 saturated heterocycles. The van der Waals surface area contributed by atoms with Gasteiger partial charge in [0.2, 0.25) is 0 Å². The molecule has 1 aromatic heterocycles. The number of hydrogen-bond acceptors (Lipinski definition) is 6. The first kappa shape index (κ1) is 17.1. The zero-order chi connectivity index (χ0) is 17.6. The number of nitrogens with one attached hydrogen (secondary N) is 2. The average molecular weight is 372 g/mol. The van der Waals surface area contributed by atoms with Gasteiger partial charge in [-0.05, 0) is 30.3 Å². The maximum absolute atomic E-state index is 12.1. The van der Waals surface area contributed by atoms with Crippen LogP contribution in [0.4, 0.5) is 11.5 Å². The van der Waals surface area contributed by atoms with Crippen molar-refractivity contribution >= 4 is 40.8 Å². The van der Waals surface area contributed by atoms with Gasteiger partial charge < -0.3 is 5.73 Å². The third-order valence-electron chi connectivity index (χ3n) is 3.19. The Bertz CT molecular complexity index is 891. The highest BCUT2D eigenvalue weighted by molar-refractivity contribution is 7.99. The highest BCUT2D eigenvalue weighted by Crippen LogP contribution is 2.32. The lowest BCUT2D eigenvalue weighted by Gasteiger charge is -2.12. The number of hydrogen-bond donors (Lipinski definition) is 3. The number of aromatic nitrogens is 2. The number of carbonyl (C=O) groups is 1. The Balaban J connectivity index is 1.71. The fourth-order valence-corrected chi connectivity index (χ4v) is 2.99. The molecule has 1 amide bonds. The van der Waals surface area contributed by atoms with Gasteiger partial charge in [-0.3, -0.25) is 15.6 Å². The molecule has 0 spiro atoms. The van der Waals surface area contributed by atoms with E-state index in [-0.39, 0.29) is 5.91 Å². The van der Waals surface area contributed by atoms with E-state index in [0.717, 1.165) is 4.90 Å². The molecule has 0 unspecified atom stereocenters. The van der Waals surface area contributed by atoms with E-state index in [4.69, 9.17) is 17.3 Å². The first-order chi connectivity index (χ1) is 12.1. The first-order valence-electron chi connectivity index (χ1n) is 7.29. The lowest BCUT2D eigenvalue weighted by Crippen LogP contribution is -2.30. The van der Waals surface area contributed by atoms with E-state index in [0.29, 0.717) is 27.1 Å². The van der Waals surface area contributed by atoms with Crippen LogP contribution in [0.25, 0.3) is 0 Å². The van der Waals surface area contributed by atoms with E-state index in [1.54, 1.807) is 24.3 Å². The van der Waals surface area contributed by atoms with Crippen molar-refractivity contribution in [3.8, 4) is 0 Å². The van der Waals surface area contributed by atoms with Gasteiger partial charge in [-0.1, -0.05) is 47.6 Å². The molecule has 8 heteroatoms. The summed E-state index contributed by atoms with van der Waals surface area (Å²) in [5.74, 6) is -0.0263. The number of rotatable bonds is 5. The fraction of sp³-hybridized carbons (Fsp3) is 0. The van der Waals surface area contributed by atoms with Gasteiger partial charge in [0, 0.05) is 15.5 Å². The molecule has 4 N–H and O–H groups in total. The van der Waals surface area contributed by atoms with E-state index in [1.807, 2.05) is 30.3 Å². The van der Waals surface area contributed by atoms with Crippen LogP contribution >= 0.6 is 23.4 Å². The summed E-state index contributed by atoms with van der Waals surface area (Å²) in [7, 11) is 0. The van der Waals surface area contributed by atoms with Crippen LogP contribution in [0.2, 0.25) is 5.02 Å². The Morgan fingerprint density at radius 1 is 1.08 bits per heavy atom. The van der Waals surface area contributed by atoms with Crippen molar-refractivity contribution < 1.29 is 4.79 Å². The van der Waals surface area contributed by atoms with Crippen LogP contribution in [-0.2, 0) is 0 Å². The number of carbonyl (C=O) groups excluding carboxylic acids is 1. The summed E-state index contributed by atoms with van der Waals surface area (Å²) < 4.78 is 0. The molecule has 6 nitrogen and oxygen atoms in total. The SMILES string of the molecule is Nc1c(NNC(=O)c2cccc(Cl)c2)ncnc1Sc1ccccc1. The Labute approximate surface area is 153 Å². The number of amides is 1. The van der Waals surface area contributed by atoms with Crippen LogP contribution in [0.1, 0.15) is 10.4 Å². The van der Waals surface area contributed by atoms with Gasteiger partial charge in [0.05, 0.1) is 0 Å². The number of halogens is 1. The van der Waals surface area contributed by atoms with Crippen LogP contribution in [0.3, 0.4) is 0 Å². The smallest absolute Gasteiger partial charge is 0.269 e. The quantitative estimate of drug-likeness (QED) is 0.468. The van der Waals surface area contributed by atoms with Crippen molar-refractivity contribution in [1.82, 2.24) is 15.4 Å². The molecule has 0 aliphatic carbocycles. The third kappa shape index (κ3) is 4.40. The molecule has 0 atom stereocenters. The number of anilines is 2. The lowest BCUT2D eigenvalue weighted by atomic mass is 10.2. The van der Waals surface area contributed by atoms with Crippen molar-refractivity contribution in [3.05, 3.63) is 71.5 Å². The summed E-state index contributed by atoms with van der Waals surface area (Å²) in [5.41, 5.74) is 12.1.